The summed E-state index contributed by atoms with van der Waals surface area (Å²) in [6.45, 7) is 3.47. The lowest BCUT2D eigenvalue weighted by Crippen LogP contribution is -2.54. The zero-order chi connectivity index (χ0) is 23.5. The Labute approximate surface area is 194 Å². The maximum Gasteiger partial charge on any atom is 0.251 e. The Morgan fingerprint density at radius 2 is 1.85 bits per heavy atom. The lowest BCUT2D eigenvalue weighted by molar-refractivity contribution is 0.0254. The summed E-state index contributed by atoms with van der Waals surface area (Å²) in [5.74, 6) is 0.336. The van der Waals surface area contributed by atoms with Crippen molar-refractivity contribution in [3.8, 4) is 0 Å². The van der Waals surface area contributed by atoms with Gasteiger partial charge < -0.3 is 20.2 Å². The third kappa shape index (κ3) is 5.49. The molecule has 2 aromatic rings. The number of sulfonamides is 1. The van der Waals surface area contributed by atoms with E-state index in [1.165, 1.54) is 28.6 Å². The number of rotatable bonds is 6. The van der Waals surface area contributed by atoms with E-state index in [2.05, 4.69) is 20.2 Å². The molecule has 0 bridgehead atoms. The molecule has 0 spiro atoms. The van der Waals surface area contributed by atoms with E-state index < -0.39 is 15.6 Å². The number of aromatic nitrogens is 2. The van der Waals surface area contributed by atoms with Gasteiger partial charge in [-0.1, -0.05) is 0 Å². The van der Waals surface area contributed by atoms with Crippen molar-refractivity contribution in [1.82, 2.24) is 24.5 Å². The first-order valence-electron chi connectivity index (χ1n) is 11.1. The number of nitrogens with zero attached hydrogens (tertiary/aromatic N) is 5. The molecule has 11 heteroatoms. The number of aliphatic hydroxyl groups is 1. The fourth-order valence-electron chi connectivity index (χ4n) is 4.21. The molecule has 0 aliphatic carbocycles. The molecule has 0 unspecified atom stereocenters. The standard InChI is InChI=1S/C22H30N6O4S/c1-26-11-13-28(14-12-26)33(31,32)19-5-3-18(4-6-19)21(29)25-16-22(30)7-2-10-27(17-22)20-15-23-8-9-24-20/h3-6,8-9,15,30H,2,7,10-14,16-17H2,1H3,(H,25,29)/t22-/m1/s1. The Kier molecular flexibility index (Phi) is 6.94. The van der Waals surface area contributed by atoms with Gasteiger partial charge in [0.1, 0.15) is 5.82 Å². The second kappa shape index (κ2) is 9.72. The molecule has 1 amide bonds. The van der Waals surface area contributed by atoms with E-state index in [1.807, 2.05) is 11.9 Å². The normalized spacial score (nSPS) is 22.8. The molecule has 2 saturated heterocycles. The lowest BCUT2D eigenvalue weighted by Gasteiger charge is -2.39. The molecule has 178 valence electrons. The molecule has 1 aromatic carbocycles. The fourth-order valence-corrected chi connectivity index (χ4v) is 5.63. The summed E-state index contributed by atoms with van der Waals surface area (Å²) in [7, 11) is -1.61. The molecule has 2 aliphatic heterocycles. The quantitative estimate of drug-likeness (QED) is 0.608. The molecule has 10 nitrogen and oxygen atoms in total. The molecule has 0 radical (unpaired) electrons. The third-order valence-electron chi connectivity index (χ3n) is 6.22. The van der Waals surface area contributed by atoms with Crippen molar-refractivity contribution in [2.75, 3.05) is 57.8 Å². The predicted octanol–water partition coefficient (Wildman–Crippen LogP) is 0.174. The third-order valence-corrected chi connectivity index (χ3v) is 8.14. The number of hydrogen-bond donors (Lipinski definition) is 2. The largest absolute Gasteiger partial charge is 0.386 e. The van der Waals surface area contributed by atoms with Gasteiger partial charge in [-0.15, -0.1) is 0 Å². The number of carbonyl (C=O) groups excluding carboxylic acids is 1. The second-order valence-electron chi connectivity index (χ2n) is 8.73. The van der Waals surface area contributed by atoms with Crippen LogP contribution in [0.15, 0.2) is 47.8 Å². The number of benzene rings is 1. The van der Waals surface area contributed by atoms with Gasteiger partial charge in [-0.3, -0.25) is 9.78 Å². The van der Waals surface area contributed by atoms with Crippen LogP contribution in [0.4, 0.5) is 5.82 Å². The number of likely N-dealkylation sites (N-methyl/N-ethyl adjacent to an activating group) is 1. The average Bonchev–Trinajstić information content (AvgIpc) is 2.83. The van der Waals surface area contributed by atoms with Crippen LogP contribution < -0.4 is 10.2 Å². The van der Waals surface area contributed by atoms with Gasteiger partial charge in [0, 0.05) is 63.8 Å². The summed E-state index contributed by atoms with van der Waals surface area (Å²) < 4.78 is 27.2. The van der Waals surface area contributed by atoms with Crippen molar-refractivity contribution >= 4 is 21.7 Å². The Morgan fingerprint density at radius 3 is 2.52 bits per heavy atom. The van der Waals surface area contributed by atoms with Crippen molar-refractivity contribution in [2.24, 2.45) is 0 Å². The van der Waals surface area contributed by atoms with Crippen LogP contribution in [0.2, 0.25) is 0 Å². The topological polar surface area (TPSA) is 119 Å². The molecular weight excluding hydrogens is 444 g/mol. The van der Waals surface area contributed by atoms with Crippen molar-refractivity contribution in [3.05, 3.63) is 48.4 Å². The molecule has 1 atom stereocenters. The second-order valence-corrected chi connectivity index (χ2v) is 10.7. The van der Waals surface area contributed by atoms with Gasteiger partial charge in [-0.2, -0.15) is 4.31 Å². The molecule has 0 saturated carbocycles. The fraction of sp³-hybridized carbons (Fsp3) is 0.500. The van der Waals surface area contributed by atoms with Crippen LogP contribution in [0.3, 0.4) is 0 Å². The maximum atomic E-state index is 12.9. The monoisotopic (exact) mass is 474 g/mol. The Hall–Kier alpha value is -2.60. The van der Waals surface area contributed by atoms with Crippen LogP contribution >= 0.6 is 0 Å². The van der Waals surface area contributed by atoms with Crippen LogP contribution in [0.1, 0.15) is 23.2 Å². The van der Waals surface area contributed by atoms with E-state index in [0.717, 1.165) is 13.0 Å². The highest BCUT2D eigenvalue weighted by atomic mass is 32.2. The molecule has 2 fully saturated rings. The average molecular weight is 475 g/mol. The van der Waals surface area contributed by atoms with E-state index in [4.69, 9.17) is 0 Å². The number of piperidine rings is 1. The van der Waals surface area contributed by atoms with Gasteiger partial charge in [0.15, 0.2) is 0 Å². The van der Waals surface area contributed by atoms with Crippen LogP contribution in [0.5, 0.6) is 0 Å². The van der Waals surface area contributed by atoms with Crippen LogP contribution in [0, 0.1) is 0 Å². The zero-order valence-corrected chi connectivity index (χ0v) is 19.5. The van der Waals surface area contributed by atoms with Crippen LogP contribution in [-0.4, -0.2) is 97.1 Å². The molecule has 2 aliphatic rings. The highest BCUT2D eigenvalue weighted by Gasteiger charge is 2.34. The number of anilines is 1. The number of piperazine rings is 1. The van der Waals surface area contributed by atoms with Gasteiger partial charge in [0.2, 0.25) is 10.0 Å². The van der Waals surface area contributed by atoms with E-state index in [1.54, 1.807) is 18.6 Å². The maximum absolute atomic E-state index is 12.9. The minimum absolute atomic E-state index is 0.0872. The van der Waals surface area contributed by atoms with Gasteiger partial charge in [0.25, 0.3) is 5.91 Å². The summed E-state index contributed by atoms with van der Waals surface area (Å²) in [5, 5.41) is 13.8. The summed E-state index contributed by atoms with van der Waals surface area (Å²) >= 11 is 0. The van der Waals surface area contributed by atoms with Gasteiger partial charge >= 0.3 is 0 Å². The highest BCUT2D eigenvalue weighted by molar-refractivity contribution is 7.89. The van der Waals surface area contributed by atoms with Gasteiger partial charge in [0.05, 0.1) is 16.7 Å². The van der Waals surface area contributed by atoms with E-state index >= 15 is 0 Å². The Morgan fingerprint density at radius 1 is 1.12 bits per heavy atom. The smallest absolute Gasteiger partial charge is 0.251 e. The summed E-state index contributed by atoms with van der Waals surface area (Å²) in [5.41, 5.74) is -0.742. The number of nitrogens with one attached hydrogen (secondary N) is 1. The molecule has 3 heterocycles. The first kappa shape index (κ1) is 23.6. The Balaban J connectivity index is 1.36. The van der Waals surface area contributed by atoms with Gasteiger partial charge in [-0.05, 0) is 44.2 Å². The molecule has 4 rings (SSSR count). The van der Waals surface area contributed by atoms with Crippen molar-refractivity contribution in [1.29, 1.82) is 0 Å². The predicted molar refractivity (Wildman–Crippen MR) is 123 cm³/mol. The first-order valence-corrected chi connectivity index (χ1v) is 12.5. The van der Waals surface area contributed by atoms with E-state index in [-0.39, 0.29) is 17.3 Å². The van der Waals surface area contributed by atoms with Gasteiger partial charge in [-0.25, -0.2) is 13.4 Å². The van der Waals surface area contributed by atoms with Crippen molar-refractivity contribution in [3.63, 3.8) is 0 Å². The molecule has 33 heavy (non-hydrogen) atoms. The van der Waals surface area contributed by atoms with E-state index in [9.17, 15) is 18.3 Å². The summed E-state index contributed by atoms with van der Waals surface area (Å²) in [4.78, 5) is 25.2. The SMILES string of the molecule is CN1CCN(S(=O)(=O)c2ccc(C(=O)NC[C@]3(O)CCCN(c4cnccn4)C3)cc2)CC1. The molecule has 1 aromatic heterocycles. The molecular formula is C22H30N6O4S. The van der Waals surface area contributed by atoms with Crippen molar-refractivity contribution in [2.45, 2.75) is 23.3 Å². The van der Waals surface area contributed by atoms with Crippen molar-refractivity contribution < 1.29 is 18.3 Å². The zero-order valence-electron chi connectivity index (χ0n) is 18.7. The van der Waals surface area contributed by atoms with Crippen LogP contribution in [-0.2, 0) is 10.0 Å². The number of carbonyl (C=O) groups is 1. The number of amides is 1. The Bertz CT molecular complexity index is 1060. The van der Waals surface area contributed by atoms with E-state index in [0.29, 0.717) is 50.5 Å². The minimum Gasteiger partial charge on any atom is -0.386 e. The lowest BCUT2D eigenvalue weighted by atomic mass is 9.92. The summed E-state index contributed by atoms with van der Waals surface area (Å²) in [6.07, 6.45) is 6.19. The minimum atomic E-state index is -3.58. The first-order chi connectivity index (χ1) is 15.8. The molecule has 2 N–H and O–H groups in total. The summed E-state index contributed by atoms with van der Waals surface area (Å²) in [6, 6.07) is 5.95. The number of hydrogen-bond acceptors (Lipinski definition) is 8. The highest BCUT2D eigenvalue weighted by Crippen LogP contribution is 2.24. The van der Waals surface area contributed by atoms with Crippen LogP contribution in [0.25, 0.3) is 0 Å². The number of β-amino-alcohol motifs (C(OH)–C–C–N with tert-alkyl or cyclic N) is 1.